The van der Waals surface area contributed by atoms with E-state index in [4.69, 9.17) is 10.5 Å². The summed E-state index contributed by atoms with van der Waals surface area (Å²) in [5.74, 6) is 1.27. The van der Waals surface area contributed by atoms with E-state index in [1.165, 1.54) is 7.11 Å². The zero-order chi connectivity index (χ0) is 11.7. The zero-order valence-corrected chi connectivity index (χ0v) is 9.43. The SMILES string of the molecule is COc1cc(-n2cnc(C)c2C)nc(N)n1. The summed E-state index contributed by atoms with van der Waals surface area (Å²) >= 11 is 0. The van der Waals surface area contributed by atoms with Crippen molar-refractivity contribution < 1.29 is 4.74 Å². The molecule has 0 saturated carbocycles. The molecule has 84 valence electrons. The number of aromatic nitrogens is 4. The number of hydrogen-bond acceptors (Lipinski definition) is 5. The number of nitrogens with zero attached hydrogens (tertiary/aromatic N) is 4. The van der Waals surface area contributed by atoms with Crippen LogP contribution in [0.4, 0.5) is 5.95 Å². The summed E-state index contributed by atoms with van der Waals surface area (Å²) in [4.78, 5) is 12.3. The molecule has 6 nitrogen and oxygen atoms in total. The number of imidazole rings is 1. The summed E-state index contributed by atoms with van der Waals surface area (Å²) in [5.41, 5.74) is 7.56. The lowest BCUT2D eigenvalue weighted by Crippen LogP contribution is -2.04. The predicted molar refractivity (Wildman–Crippen MR) is 59.6 cm³/mol. The number of nitrogens with two attached hydrogens (primary N) is 1. The van der Waals surface area contributed by atoms with Gasteiger partial charge in [-0.3, -0.25) is 4.57 Å². The van der Waals surface area contributed by atoms with Crippen LogP contribution >= 0.6 is 0 Å². The Kier molecular flexibility index (Phi) is 2.47. The van der Waals surface area contributed by atoms with Crippen LogP contribution in [0.25, 0.3) is 5.82 Å². The van der Waals surface area contributed by atoms with Gasteiger partial charge in [-0.1, -0.05) is 0 Å². The fraction of sp³-hybridized carbons (Fsp3) is 0.300. The maximum atomic E-state index is 5.59. The third kappa shape index (κ3) is 1.69. The van der Waals surface area contributed by atoms with Crippen molar-refractivity contribution in [1.82, 2.24) is 19.5 Å². The van der Waals surface area contributed by atoms with Crippen molar-refractivity contribution >= 4 is 5.95 Å². The number of rotatable bonds is 2. The van der Waals surface area contributed by atoms with Gasteiger partial charge >= 0.3 is 0 Å². The van der Waals surface area contributed by atoms with E-state index >= 15 is 0 Å². The Labute approximate surface area is 93.1 Å². The Bertz CT molecular complexity index is 520. The van der Waals surface area contributed by atoms with Gasteiger partial charge in [0.1, 0.15) is 12.1 Å². The molecule has 2 aromatic heterocycles. The molecule has 6 heteroatoms. The number of hydrogen-bond donors (Lipinski definition) is 1. The van der Waals surface area contributed by atoms with Crippen LogP contribution < -0.4 is 10.5 Å². The third-order valence-corrected chi connectivity index (χ3v) is 2.41. The van der Waals surface area contributed by atoms with Gasteiger partial charge in [-0.2, -0.15) is 9.97 Å². The molecule has 0 radical (unpaired) electrons. The van der Waals surface area contributed by atoms with Gasteiger partial charge in [-0.25, -0.2) is 4.98 Å². The van der Waals surface area contributed by atoms with Crippen LogP contribution in [0.5, 0.6) is 5.88 Å². The molecule has 16 heavy (non-hydrogen) atoms. The summed E-state index contributed by atoms with van der Waals surface area (Å²) in [7, 11) is 1.54. The minimum absolute atomic E-state index is 0.181. The van der Waals surface area contributed by atoms with Gasteiger partial charge in [0.2, 0.25) is 11.8 Å². The molecule has 0 spiro atoms. The topological polar surface area (TPSA) is 78.8 Å². The Balaban J connectivity index is 2.55. The largest absolute Gasteiger partial charge is 0.481 e. The molecule has 2 heterocycles. The Morgan fingerprint density at radius 1 is 1.31 bits per heavy atom. The van der Waals surface area contributed by atoms with Crippen LogP contribution in [-0.2, 0) is 0 Å². The fourth-order valence-electron chi connectivity index (χ4n) is 1.39. The standard InChI is InChI=1S/C10H13N5O/c1-6-7(2)15(5-12-6)8-4-9(16-3)14-10(11)13-8/h4-5H,1-3H3,(H2,11,13,14). The first kappa shape index (κ1) is 10.4. The van der Waals surface area contributed by atoms with E-state index < -0.39 is 0 Å². The number of nitrogen functional groups attached to an aromatic ring is 1. The Morgan fingerprint density at radius 2 is 2.06 bits per heavy atom. The van der Waals surface area contributed by atoms with Crippen LogP contribution in [0.1, 0.15) is 11.4 Å². The monoisotopic (exact) mass is 219 g/mol. The second-order valence-corrected chi connectivity index (χ2v) is 3.41. The molecule has 2 rings (SSSR count). The quantitative estimate of drug-likeness (QED) is 0.810. The first-order chi connectivity index (χ1) is 7.61. The Hall–Kier alpha value is -2.11. The third-order valence-electron chi connectivity index (χ3n) is 2.41. The molecule has 0 amide bonds. The maximum absolute atomic E-state index is 5.59. The Morgan fingerprint density at radius 3 is 2.62 bits per heavy atom. The van der Waals surface area contributed by atoms with Crippen molar-refractivity contribution in [3.8, 4) is 11.7 Å². The van der Waals surface area contributed by atoms with Crippen molar-refractivity contribution in [2.45, 2.75) is 13.8 Å². The van der Waals surface area contributed by atoms with Crippen LogP contribution in [-0.4, -0.2) is 26.6 Å². The van der Waals surface area contributed by atoms with Gasteiger partial charge in [-0.15, -0.1) is 0 Å². The van der Waals surface area contributed by atoms with Crippen LogP contribution in [0.3, 0.4) is 0 Å². The molecule has 0 aromatic carbocycles. The average Bonchev–Trinajstić information content (AvgIpc) is 2.59. The summed E-state index contributed by atoms with van der Waals surface area (Å²) in [6.07, 6.45) is 1.70. The van der Waals surface area contributed by atoms with Crippen LogP contribution in [0, 0.1) is 13.8 Å². The summed E-state index contributed by atoms with van der Waals surface area (Å²) < 4.78 is 6.88. The predicted octanol–water partition coefficient (Wildman–Crippen LogP) is 0.870. The van der Waals surface area contributed by atoms with Gasteiger partial charge in [0, 0.05) is 11.8 Å². The summed E-state index contributed by atoms with van der Waals surface area (Å²) in [6.45, 7) is 3.90. The molecule has 0 aliphatic carbocycles. The van der Waals surface area contributed by atoms with Crippen LogP contribution in [0.2, 0.25) is 0 Å². The molecule has 2 aromatic rings. The van der Waals surface area contributed by atoms with Gasteiger partial charge in [0.25, 0.3) is 0 Å². The smallest absolute Gasteiger partial charge is 0.225 e. The van der Waals surface area contributed by atoms with E-state index in [-0.39, 0.29) is 5.95 Å². The highest BCUT2D eigenvalue weighted by Gasteiger charge is 2.08. The van der Waals surface area contributed by atoms with E-state index in [0.717, 1.165) is 11.4 Å². The maximum Gasteiger partial charge on any atom is 0.225 e. The lowest BCUT2D eigenvalue weighted by atomic mass is 10.4. The average molecular weight is 219 g/mol. The molecular formula is C10H13N5O. The van der Waals surface area contributed by atoms with Crippen molar-refractivity contribution in [2.75, 3.05) is 12.8 Å². The lowest BCUT2D eigenvalue weighted by Gasteiger charge is -2.06. The fourth-order valence-corrected chi connectivity index (χ4v) is 1.39. The number of anilines is 1. The summed E-state index contributed by atoms with van der Waals surface area (Å²) in [6, 6.07) is 1.71. The van der Waals surface area contributed by atoms with E-state index in [0.29, 0.717) is 11.7 Å². The van der Waals surface area contributed by atoms with Crippen molar-refractivity contribution in [2.24, 2.45) is 0 Å². The zero-order valence-electron chi connectivity index (χ0n) is 9.43. The second-order valence-electron chi connectivity index (χ2n) is 3.41. The minimum Gasteiger partial charge on any atom is -0.481 e. The van der Waals surface area contributed by atoms with E-state index in [1.807, 2.05) is 18.4 Å². The minimum atomic E-state index is 0.181. The van der Waals surface area contributed by atoms with Gasteiger partial charge < -0.3 is 10.5 Å². The van der Waals surface area contributed by atoms with Crippen molar-refractivity contribution in [3.05, 3.63) is 23.8 Å². The van der Waals surface area contributed by atoms with Gasteiger partial charge in [0.05, 0.1) is 12.8 Å². The normalized spacial score (nSPS) is 10.4. The molecule has 0 fully saturated rings. The highest BCUT2D eigenvalue weighted by molar-refractivity contribution is 5.36. The molecular weight excluding hydrogens is 206 g/mol. The second kappa shape index (κ2) is 3.80. The van der Waals surface area contributed by atoms with Crippen molar-refractivity contribution in [3.63, 3.8) is 0 Å². The van der Waals surface area contributed by atoms with Crippen molar-refractivity contribution in [1.29, 1.82) is 0 Å². The highest BCUT2D eigenvalue weighted by Crippen LogP contribution is 2.16. The molecule has 0 saturated heterocycles. The highest BCUT2D eigenvalue weighted by atomic mass is 16.5. The molecule has 0 aliphatic heterocycles. The molecule has 2 N–H and O–H groups in total. The number of methoxy groups -OCH3 is 1. The van der Waals surface area contributed by atoms with E-state index in [1.54, 1.807) is 12.4 Å². The number of aryl methyl sites for hydroxylation is 1. The molecule has 0 bridgehead atoms. The molecule has 0 unspecified atom stereocenters. The summed E-state index contributed by atoms with van der Waals surface area (Å²) in [5, 5.41) is 0. The van der Waals surface area contributed by atoms with Gasteiger partial charge in [0.15, 0.2) is 0 Å². The molecule has 0 atom stereocenters. The van der Waals surface area contributed by atoms with E-state index in [9.17, 15) is 0 Å². The lowest BCUT2D eigenvalue weighted by molar-refractivity contribution is 0.397. The molecule has 0 aliphatic rings. The van der Waals surface area contributed by atoms with E-state index in [2.05, 4.69) is 15.0 Å². The first-order valence-corrected chi connectivity index (χ1v) is 4.81. The van der Waals surface area contributed by atoms with Gasteiger partial charge in [-0.05, 0) is 13.8 Å². The first-order valence-electron chi connectivity index (χ1n) is 4.81. The van der Waals surface area contributed by atoms with Crippen LogP contribution in [0.15, 0.2) is 12.4 Å². The number of ether oxygens (including phenoxy) is 1.